The van der Waals surface area contributed by atoms with Crippen molar-refractivity contribution in [3.8, 4) is 0 Å². The summed E-state index contributed by atoms with van der Waals surface area (Å²) in [6.07, 6.45) is 1.96. The molecule has 102 valence electrons. The number of carbonyl (C=O) groups is 1. The van der Waals surface area contributed by atoms with Gasteiger partial charge in [-0.2, -0.15) is 5.10 Å². The van der Waals surface area contributed by atoms with Crippen LogP contribution < -0.4 is 5.32 Å². The maximum absolute atomic E-state index is 12.1. The van der Waals surface area contributed by atoms with Gasteiger partial charge in [-0.25, -0.2) is 0 Å². The van der Waals surface area contributed by atoms with E-state index in [1.54, 1.807) is 4.68 Å². The molecule has 1 atom stereocenters. The van der Waals surface area contributed by atoms with Crippen LogP contribution in [0.3, 0.4) is 0 Å². The molecule has 18 heavy (non-hydrogen) atoms. The van der Waals surface area contributed by atoms with Crippen molar-refractivity contribution in [1.29, 1.82) is 0 Å². The van der Waals surface area contributed by atoms with Crippen LogP contribution in [0.5, 0.6) is 0 Å². The molecule has 0 bridgehead atoms. The molecular formula is C13H22ClN3O. The third-order valence-corrected chi connectivity index (χ3v) is 3.30. The van der Waals surface area contributed by atoms with Gasteiger partial charge in [0.2, 0.25) is 0 Å². The molecular weight excluding hydrogens is 250 g/mol. The van der Waals surface area contributed by atoms with Gasteiger partial charge in [-0.3, -0.25) is 9.48 Å². The molecule has 4 nitrogen and oxygen atoms in total. The van der Waals surface area contributed by atoms with Gasteiger partial charge in [0.05, 0.1) is 5.69 Å². The molecule has 0 saturated carbocycles. The van der Waals surface area contributed by atoms with Gasteiger partial charge in [-0.15, -0.1) is 11.6 Å². The predicted molar refractivity (Wildman–Crippen MR) is 74.1 cm³/mol. The predicted octanol–water partition coefficient (Wildman–Crippen LogP) is 2.60. The highest BCUT2D eigenvalue weighted by atomic mass is 35.5. The first-order valence-corrected chi connectivity index (χ1v) is 7.04. The zero-order chi connectivity index (χ0) is 13.5. The quantitative estimate of drug-likeness (QED) is 0.775. The van der Waals surface area contributed by atoms with E-state index in [2.05, 4.69) is 17.3 Å². The van der Waals surface area contributed by atoms with E-state index in [-0.39, 0.29) is 5.91 Å². The van der Waals surface area contributed by atoms with Gasteiger partial charge < -0.3 is 5.32 Å². The van der Waals surface area contributed by atoms with Crippen LogP contribution in [0.2, 0.25) is 0 Å². The van der Waals surface area contributed by atoms with E-state index < -0.39 is 0 Å². The number of nitrogens with zero attached hydrogens (tertiary/aromatic N) is 2. The highest BCUT2D eigenvalue weighted by Crippen LogP contribution is 2.09. The minimum Gasteiger partial charge on any atom is -0.350 e. The second-order valence-electron chi connectivity index (χ2n) is 4.45. The zero-order valence-electron chi connectivity index (χ0n) is 11.4. The highest BCUT2D eigenvalue weighted by Gasteiger charge is 2.14. The molecule has 5 heteroatoms. The Kier molecular flexibility index (Phi) is 6.19. The van der Waals surface area contributed by atoms with E-state index in [0.717, 1.165) is 18.5 Å². The van der Waals surface area contributed by atoms with Crippen LogP contribution in [0.25, 0.3) is 0 Å². The molecule has 1 unspecified atom stereocenters. The average molecular weight is 272 g/mol. The Hall–Kier alpha value is -1.03. The lowest BCUT2D eigenvalue weighted by Crippen LogP contribution is -2.31. The SMILES string of the molecule is CCC(CCCl)CNC(=O)c1cc(C)nn1CC. The molecule has 0 aliphatic heterocycles. The van der Waals surface area contributed by atoms with Crippen molar-refractivity contribution in [2.24, 2.45) is 5.92 Å². The number of hydrogen-bond acceptors (Lipinski definition) is 2. The third kappa shape index (κ3) is 4.02. The monoisotopic (exact) mass is 271 g/mol. The first-order chi connectivity index (χ1) is 8.62. The molecule has 1 amide bonds. The van der Waals surface area contributed by atoms with Crippen LogP contribution in [-0.4, -0.2) is 28.1 Å². The van der Waals surface area contributed by atoms with Crippen LogP contribution in [-0.2, 0) is 6.54 Å². The van der Waals surface area contributed by atoms with Crippen LogP contribution >= 0.6 is 11.6 Å². The number of carbonyl (C=O) groups excluding carboxylic acids is 1. The number of alkyl halides is 1. The van der Waals surface area contributed by atoms with Gasteiger partial charge >= 0.3 is 0 Å². The Morgan fingerprint density at radius 3 is 2.83 bits per heavy atom. The maximum Gasteiger partial charge on any atom is 0.269 e. The van der Waals surface area contributed by atoms with Crippen LogP contribution in [0.4, 0.5) is 0 Å². The Labute approximate surface area is 114 Å². The summed E-state index contributed by atoms with van der Waals surface area (Å²) in [6.45, 7) is 7.37. The summed E-state index contributed by atoms with van der Waals surface area (Å²) in [4.78, 5) is 12.1. The summed E-state index contributed by atoms with van der Waals surface area (Å²) in [5, 5.41) is 7.23. The van der Waals surface area contributed by atoms with Crippen molar-refractivity contribution in [3.05, 3.63) is 17.5 Å². The Balaban J connectivity index is 2.59. The first-order valence-electron chi connectivity index (χ1n) is 6.50. The number of hydrogen-bond donors (Lipinski definition) is 1. The van der Waals surface area contributed by atoms with E-state index in [0.29, 0.717) is 30.6 Å². The van der Waals surface area contributed by atoms with E-state index >= 15 is 0 Å². The van der Waals surface area contributed by atoms with Crippen molar-refractivity contribution >= 4 is 17.5 Å². The van der Waals surface area contributed by atoms with Crippen LogP contribution in [0.15, 0.2) is 6.07 Å². The lowest BCUT2D eigenvalue weighted by atomic mass is 10.0. The van der Waals surface area contributed by atoms with E-state index in [1.807, 2.05) is 19.9 Å². The fourth-order valence-electron chi connectivity index (χ4n) is 1.90. The van der Waals surface area contributed by atoms with Gasteiger partial charge in [-0.05, 0) is 32.3 Å². The molecule has 0 aromatic carbocycles. The van der Waals surface area contributed by atoms with Crippen molar-refractivity contribution in [2.45, 2.75) is 40.2 Å². The molecule has 1 aromatic rings. The lowest BCUT2D eigenvalue weighted by molar-refractivity contribution is 0.0935. The largest absolute Gasteiger partial charge is 0.350 e. The van der Waals surface area contributed by atoms with Gasteiger partial charge in [-0.1, -0.05) is 13.3 Å². The summed E-state index contributed by atoms with van der Waals surface area (Å²) in [5.41, 5.74) is 1.51. The summed E-state index contributed by atoms with van der Waals surface area (Å²) in [6, 6.07) is 1.82. The lowest BCUT2D eigenvalue weighted by Gasteiger charge is -2.14. The number of aromatic nitrogens is 2. The molecule has 0 fully saturated rings. The van der Waals surface area contributed by atoms with Gasteiger partial charge in [0.25, 0.3) is 5.91 Å². The number of aryl methyl sites for hydroxylation is 2. The second kappa shape index (κ2) is 7.41. The van der Waals surface area contributed by atoms with Crippen LogP contribution in [0.1, 0.15) is 42.9 Å². The fourth-order valence-corrected chi connectivity index (χ4v) is 2.21. The molecule has 1 heterocycles. The summed E-state index contributed by atoms with van der Waals surface area (Å²) < 4.78 is 1.73. The van der Waals surface area contributed by atoms with Gasteiger partial charge in [0, 0.05) is 19.0 Å². The maximum atomic E-state index is 12.1. The van der Waals surface area contributed by atoms with Crippen LogP contribution in [0, 0.1) is 12.8 Å². The summed E-state index contributed by atoms with van der Waals surface area (Å²) >= 11 is 5.73. The molecule has 0 saturated heterocycles. The van der Waals surface area contributed by atoms with Crippen molar-refractivity contribution in [2.75, 3.05) is 12.4 Å². The Bertz CT molecular complexity index is 390. The molecule has 1 rings (SSSR count). The summed E-state index contributed by atoms with van der Waals surface area (Å²) in [7, 11) is 0. The van der Waals surface area contributed by atoms with Crippen molar-refractivity contribution in [3.63, 3.8) is 0 Å². The minimum atomic E-state index is -0.0505. The molecule has 0 spiro atoms. The van der Waals surface area contributed by atoms with E-state index in [1.165, 1.54) is 0 Å². The Morgan fingerprint density at radius 1 is 1.56 bits per heavy atom. The van der Waals surface area contributed by atoms with Crippen molar-refractivity contribution in [1.82, 2.24) is 15.1 Å². The highest BCUT2D eigenvalue weighted by molar-refractivity contribution is 6.17. The topological polar surface area (TPSA) is 46.9 Å². The molecule has 0 radical (unpaired) electrons. The average Bonchev–Trinajstić information content (AvgIpc) is 2.75. The number of amides is 1. The standard InChI is InChI=1S/C13H22ClN3O/c1-4-11(6-7-14)9-15-13(18)12-8-10(3)16-17(12)5-2/h8,11H,4-7,9H2,1-3H3,(H,15,18). The number of rotatable bonds is 7. The number of nitrogens with one attached hydrogen (secondary N) is 1. The van der Waals surface area contributed by atoms with Gasteiger partial charge in [0.1, 0.15) is 5.69 Å². The molecule has 0 aliphatic rings. The minimum absolute atomic E-state index is 0.0505. The van der Waals surface area contributed by atoms with Crippen molar-refractivity contribution < 1.29 is 4.79 Å². The fraction of sp³-hybridized carbons (Fsp3) is 0.692. The third-order valence-electron chi connectivity index (χ3n) is 3.08. The van der Waals surface area contributed by atoms with Gasteiger partial charge in [0.15, 0.2) is 0 Å². The van der Waals surface area contributed by atoms with E-state index in [9.17, 15) is 4.79 Å². The molecule has 1 aromatic heterocycles. The second-order valence-corrected chi connectivity index (χ2v) is 4.83. The normalized spacial score (nSPS) is 12.4. The Morgan fingerprint density at radius 2 is 2.28 bits per heavy atom. The smallest absolute Gasteiger partial charge is 0.269 e. The van der Waals surface area contributed by atoms with E-state index in [4.69, 9.17) is 11.6 Å². The zero-order valence-corrected chi connectivity index (χ0v) is 12.1. The molecule has 0 aliphatic carbocycles. The molecule has 1 N–H and O–H groups in total. The number of halogens is 1. The first kappa shape index (κ1) is 15.0. The summed E-state index contributed by atoms with van der Waals surface area (Å²) in [5.74, 6) is 1.04.